The van der Waals surface area contributed by atoms with E-state index in [-0.39, 0.29) is 11.8 Å². The number of rotatable bonds is 5. The third-order valence-electron chi connectivity index (χ3n) is 3.55. The summed E-state index contributed by atoms with van der Waals surface area (Å²) < 4.78 is 0. The summed E-state index contributed by atoms with van der Waals surface area (Å²) >= 11 is 5.78. The Morgan fingerprint density at radius 1 is 1.21 bits per heavy atom. The van der Waals surface area contributed by atoms with Crippen molar-refractivity contribution in [3.63, 3.8) is 0 Å². The van der Waals surface area contributed by atoms with Crippen LogP contribution in [0.15, 0.2) is 24.3 Å². The van der Waals surface area contributed by atoms with Crippen LogP contribution in [0.25, 0.3) is 0 Å². The minimum absolute atomic E-state index is 0.146. The van der Waals surface area contributed by atoms with Crippen molar-refractivity contribution in [3.05, 3.63) is 34.9 Å². The molecule has 0 spiro atoms. The van der Waals surface area contributed by atoms with Crippen LogP contribution in [0.3, 0.4) is 0 Å². The lowest BCUT2D eigenvalue weighted by atomic mass is 9.73. The number of carbonyl (C=O) groups excluding carboxylic acids is 1. The molecule has 2 rings (SSSR count). The van der Waals surface area contributed by atoms with E-state index in [0.717, 1.165) is 5.56 Å². The molecule has 0 heterocycles. The number of benzene rings is 1. The Kier molecular flexibility index (Phi) is 4.43. The molecule has 1 aliphatic rings. The molecule has 2 unspecified atom stereocenters. The minimum Gasteiger partial charge on any atom is -0.481 e. The van der Waals surface area contributed by atoms with Crippen LogP contribution < -0.4 is 5.32 Å². The fourth-order valence-electron chi connectivity index (χ4n) is 2.22. The molecule has 5 heteroatoms. The Hall–Kier alpha value is -1.55. The van der Waals surface area contributed by atoms with E-state index < -0.39 is 11.9 Å². The van der Waals surface area contributed by atoms with E-state index in [2.05, 4.69) is 5.32 Å². The van der Waals surface area contributed by atoms with Crippen molar-refractivity contribution in [1.29, 1.82) is 0 Å². The van der Waals surface area contributed by atoms with Crippen LogP contribution in [-0.4, -0.2) is 23.5 Å². The number of hydrogen-bond donors (Lipinski definition) is 2. The van der Waals surface area contributed by atoms with E-state index in [1.807, 2.05) is 24.3 Å². The summed E-state index contributed by atoms with van der Waals surface area (Å²) in [5.41, 5.74) is 1.09. The first kappa shape index (κ1) is 13.9. The normalized spacial score (nSPS) is 21.5. The lowest BCUT2D eigenvalue weighted by Crippen LogP contribution is -2.44. The van der Waals surface area contributed by atoms with Gasteiger partial charge in [0.1, 0.15) is 0 Å². The van der Waals surface area contributed by atoms with Crippen LogP contribution in [0.5, 0.6) is 0 Å². The zero-order valence-electron chi connectivity index (χ0n) is 10.4. The van der Waals surface area contributed by atoms with Gasteiger partial charge in [0.05, 0.1) is 11.8 Å². The Morgan fingerprint density at radius 3 is 2.37 bits per heavy atom. The van der Waals surface area contributed by atoms with Crippen molar-refractivity contribution in [2.75, 3.05) is 6.54 Å². The summed E-state index contributed by atoms with van der Waals surface area (Å²) in [4.78, 5) is 22.6. The number of carboxylic acids is 1. The van der Waals surface area contributed by atoms with Crippen LogP contribution >= 0.6 is 11.6 Å². The molecule has 2 atom stereocenters. The first-order chi connectivity index (χ1) is 9.08. The predicted molar refractivity (Wildman–Crippen MR) is 72.0 cm³/mol. The van der Waals surface area contributed by atoms with Crippen molar-refractivity contribution in [2.24, 2.45) is 11.8 Å². The van der Waals surface area contributed by atoms with Gasteiger partial charge >= 0.3 is 5.97 Å². The average molecular weight is 282 g/mol. The number of carbonyl (C=O) groups is 2. The quantitative estimate of drug-likeness (QED) is 0.869. The molecule has 0 saturated heterocycles. The van der Waals surface area contributed by atoms with Gasteiger partial charge in [-0.3, -0.25) is 9.59 Å². The van der Waals surface area contributed by atoms with E-state index in [0.29, 0.717) is 30.8 Å². The molecule has 1 aromatic rings. The largest absolute Gasteiger partial charge is 0.481 e. The van der Waals surface area contributed by atoms with E-state index in [9.17, 15) is 9.59 Å². The fourth-order valence-corrected chi connectivity index (χ4v) is 2.35. The molecule has 0 bridgehead atoms. The van der Waals surface area contributed by atoms with Gasteiger partial charge in [0.15, 0.2) is 0 Å². The fraction of sp³-hybridized carbons (Fsp3) is 0.429. The molecular formula is C14H16ClNO3. The zero-order chi connectivity index (χ0) is 13.8. The highest BCUT2D eigenvalue weighted by Crippen LogP contribution is 2.34. The molecule has 1 saturated carbocycles. The van der Waals surface area contributed by atoms with Crippen molar-refractivity contribution in [2.45, 2.75) is 19.3 Å². The number of nitrogens with one attached hydrogen (secondary N) is 1. The third-order valence-corrected chi connectivity index (χ3v) is 3.81. The molecule has 1 amide bonds. The summed E-state index contributed by atoms with van der Waals surface area (Å²) in [5, 5.41) is 12.4. The maximum atomic E-state index is 11.8. The molecule has 2 N–H and O–H groups in total. The number of aliphatic carboxylic acids is 1. The monoisotopic (exact) mass is 281 g/mol. The summed E-state index contributed by atoms with van der Waals surface area (Å²) in [7, 11) is 0. The van der Waals surface area contributed by atoms with Crippen LogP contribution in [0.4, 0.5) is 0 Å². The van der Waals surface area contributed by atoms with Gasteiger partial charge in [0.25, 0.3) is 0 Å². The van der Waals surface area contributed by atoms with Gasteiger partial charge in [-0.25, -0.2) is 0 Å². The predicted octanol–water partition coefficient (Wildman–Crippen LogP) is 2.11. The highest BCUT2D eigenvalue weighted by atomic mass is 35.5. The van der Waals surface area contributed by atoms with E-state index in [4.69, 9.17) is 16.7 Å². The highest BCUT2D eigenvalue weighted by Gasteiger charge is 2.41. The smallest absolute Gasteiger partial charge is 0.307 e. The number of hydrogen-bond acceptors (Lipinski definition) is 2. The molecular weight excluding hydrogens is 266 g/mol. The Bertz CT molecular complexity index is 472. The van der Waals surface area contributed by atoms with Crippen molar-refractivity contribution in [3.8, 4) is 0 Å². The van der Waals surface area contributed by atoms with Crippen LogP contribution in [0.2, 0.25) is 5.02 Å². The Labute approximate surface area is 116 Å². The highest BCUT2D eigenvalue weighted by molar-refractivity contribution is 6.30. The Morgan fingerprint density at radius 2 is 1.84 bits per heavy atom. The van der Waals surface area contributed by atoms with Gasteiger partial charge in [-0.15, -0.1) is 0 Å². The number of carboxylic acid groups (broad SMARTS) is 1. The van der Waals surface area contributed by atoms with Gasteiger partial charge in [0, 0.05) is 11.6 Å². The first-order valence-electron chi connectivity index (χ1n) is 6.33. The molecule has 1 aliphatic carbocycles. The molecule has 1 fully saturated rings. The SMILES string of the molecule is O=C(O)C1CCC1C(=O)NCCc1ccc(Cl)cc1. The lowest BCUT2D eigenvalue weighted by Gasteiger charge is -2.31. The van der Waals surface area contributed by atoms with Crippen LogP contribution in [-0.2, 0) is 16.0 Å². The second-order valence-corrected chi connectivity index (χ2v) is 5.23. The molecule has 1 aromatic carbocycles. The molecule has 4 nitrogen and oxygen atoms in total. The van der Waals surface area contributed by atoms with E-state index in [1.165, 1.54) is 0 Å². The number of amides is 1. The maximum absolute atomic E-state index is 11.8. The molecule has 0 aromatic heterocycles. The Balaban J connectivity index is 1.75. The maximum Gasteiger partial charge on any atom is 0.307 e. The molecule has 0 aliphatic heterocycles. The topological polar surface area (TPSA) is 66.4 Å². The summed E-state index contributed by atoms with van der Waals surface area (Å²) in [6.07, 6.45) is 1.99. The van der Waals surface area contributed by atoms with Gasteiger partial charge in [-0.2, -0.15) is 0 Å². The summed E-state index contributed by atoms with van der Waals surface area (Å²) in [5.74, 6) is -1.88. The second-order valence-electron chi connectivity index (χ2n) is 4.80. The lowest BCUT2D eigenvalue weighted by molar-refractivity contribution is -0.152. The zero-order valence-corrected chi connectivity index (χ0v) is 11.2. The molecule has 19 heavy (non-hydrogen) atoms. The van der Waals surface area contributed by atoms with Gasteiger partial charge in [0.2, 0.25) is 5.91 Å². The second kappa shape index (κ2) is 6.06. The third kappa shape index (κ3) is 3.47. The van der Waals surface area contributed by atoms with Crippen LogP contribution in [0, 0.1) is 11.8 Å². The van der Waals surface area contributed by atoms with Crippen molar-refractivity contribution >= 4 is 23.5 Å². The first-order valence-corrected chi connectivity index (χ1v) is 6.70. The summed E-state index contributed by atoms with van der Waals surface area (Å²) in [6, 6.07) is 7.45. The van der Waals surface area contributed by atoms with E-state index >= 15 is 0 Å². The van der Waals surface area contributed by atoms with E-state index in [1.54, 1.807) is 0 Å². The minimum atomic E-state index is -0.871. The average Bonchev–Trinajstić information content (AvgIpc) is 2.29. The molecule has 102 valence electrons. The van der Waals surface area contributed by atoms with Gasteiger partial charge in [-0.05, 0) is 37.0 Å². The van der Waals surface area contributed by atoms with Crippen molar-refractivity contribution < 1.29 is 14.7 Å². The van der Waals surface area contributed by atoms with Crippen molar-refractivity contribution in [1.82, 2.24) is 5.32 Å². The van der Waals surface area contributed by atoms with Gasteiger partial charge in [-0.1, -0.05) is 23.7 Å². The summed E-state index contributed by atoms with van der Waals surface area (Å²) in [6.45, 7) is 0.517. The standard InChI is InChI=1S/C14H16ClNO3/c15-10-3-1-9(2-4-10)7-8-16-13(17)11-5-6-12(11)14(18)19/h1-4,11-12H,5-8H2,(H,16,17)(H,18,19). The number of halogens is 1. The van der Waals surface area contributed by atoms with Gasteiger partial charge < -0.3 is 10.4 Å². The molecule has 0 radical (unpaired) electrons. The van der Waals surface area contributed by atoms with Crippen LogP contribution in [0.1, 0.15) is 18.4 Å².